The summed E-state index contributed by atoms with van der Waals surface area (Å²) in [6.07, 6.45) is 0. The fourth-order valence-electron chi connectivity index (χ4n) is 2.40. The van der Waals surface area contributed by atoms with E-state index in [0.29, 0.717) is 19.6 Å². The van der Waals surface area contributed by atoms with Gasteiger partial charge in [0.2, 0.25) is 0 Å². The minimum absolute atomic E-state index is 0.460. The number of hydrogen-bond acceptors (Lipinski definition) is 5. The predicted molar refractivity (Wildman–Crippen MR) is 74.2 cm³/mol. The summed E-state index contributed by atoms with van der Waals surface area (Å²) in [6.45, 7) is 2.47. The molecule has 1 atom stereocenters. The molecule has 1 aromatic rings. The van der Waals surface area contributed by atoms with Crippen molar-refractivity contribution in [2.75, 3.05) is 33.9 Å². The van der Waals surface area contributed by atoms with Crippen molar-refractivity contribution in [3.63, 3.8) is 0 Å². The molecule has 2 rings (SSSR count). The van der Waals surface area contributed by atoms with Gasteiger partial charge in [-0.2, -0.15) is 0 Å². The maximum Gasteiger partial charge on any atom is 0.322 e. The molecule has 0 amide bonds. The van der Waals surface area contributed by atoms with E-state index in [9.17, 15) is 9.90 Å². The Hall–Kier alpha value is -1.79. The number of methoxy groups -OCH3 is 2. The van der Waals surface area contributed by atoms with Crippen molar-refractivity contribution in [1.29, 1.82) is 0 Å². The van der Waals surface area contributed by atoms with Gasteiger partial charge in [-0.3, -0.25) is 9.69 Å². The first-order chi connectivity index (χ1) is 9.65. The van der Waals surface area contributed by atoms with Gasteiger partial charge in [-0.15, -0.1) is 0 Å². The second-order valence-corrected chi connectivity index (χ2v) is 4.71. The van der Waals surface area contributed by atoms with Crippen LogP contribution in [0.5, 0.6) is 11.5 Å². The number of nitrogens with zero attached hydrogens (tertiary/aromatic N) is 1. The third-order valence-electron chi connectivity index (χ3n) is 3.50. The molecule has 6 heteroatoms. The Morgan fingerprint density at radius 3 is 2.90 bits per heavy atom. The van der Waals surface area contributed by atoms with E-state index in [0.717, 1.165) is 23.6 Å². The van der Waals surface area contributed by atoms with Crippen LogP contribution >= 0.6 is 0 Å². The second kappa shape index (κ2) is 6.58. The molecule has 110 valence electrons. The molecule has 1 saturated heterocycles. The molecule has 1 unspecified atom stereocenters. The van der Waals surface area contributed by atoms with Gasteiger partial charge in [0.15, 0.2) is 0 Å². The van der Waals surface area contributed by atoms with Crippen molar-refractivity contribution in [1.82, 2.24) is 10.2 Å². The molecule has 20 heavy (non-hydrogen) atoms. The van der Waals surface area contributed by atoms with Crippen LogP contribution in [0.15, 0.2) is 18.2 Å². The molecular formula is C14H20N2O4. The number of piperazine rings is 1. The van der Waals surface area contributed by atoms with E-state index in [2.05, 4.69) is 5.32 Å². The van der Waals surface area contributed by atoms with Crippen LogP contribution in [0.3, 0.4) is 0 Å². The number of carbonyl (C=O) groups is 1. The first-order valence-corrected chi connectivity index (χ1v) is 6.54. The average molecular weight is 280 g/mol. The van der Waals surface area contributed by atoms with Crippen LogP contribution in [0, 0.1) is 0 Å². The highest BCUT2D eigenvalue weighted by atomic mass is 16.5. The Kier molecular flexibility index (Phi) is 4.81. The quantitative estimate of drug-likeness (QED) is 0.821. The van der Waals surface area contributed by atoms with Crippen LogP contribution in [0.2, 0.25) is 0 Å². The summed E-state index contributed by atoms with van der Waals surface area (Å²) in [5.74, 6) is 0.676. The van der Waals surface area contributed by atoms with Crippen LogP contribution in [0.4, 0.5) is 0 Å². The molecule has 0 aliphatic carbocycles. The molecule has 1 aliphatic heterocycles. The highest BCUT2D eigenvalue weighted by molar-refractivity contribution is 5.74. The maximum atomic E-state index is 11.3. The smallest absolute Gasteiger partial charge is 0.322 e. The molecule has 1 aromatic carbocycles. The third kappa shape index (κ3) is 3.20. The number of hydrogen-bond donors (Lipinski definition) is 2. The summed E-state index contributed by atoms with van der Waals surface area (Å²) >= 11 is 0. The molecular weight excluding hydrogens is 260 g/mol. The number of ether oxygens (including phenoxy) is 2. The minimum atomic E-state index is -0.806. The van der Waals surface area contributed by atoms with E-state index in [1.165, 1.54) is 0 Å². The Morgan fingerprint density at radius 2 is 2.25 bits per heavy atom. The summed E-state index contributed by atoms with van der Waals surface area (Å²) in [6, 6.07) is 5.04. The van der Waals surface area contributed by atoms with Gasteiger partial charge in [-0.25, -0.2) is 0 Å². The normalized spacial score (nSPS) is 19.6. The molecule has 0 saturated carbocycles. The van der Waals surface area contributed by atoms with E-state index in [-0.39, 0.29) is 0 Å². The lowest BCUT2D eigenvalue weighted by atomic mass is 10.1. The van der Waals surface area contributed by atoms with Gasteiger partial charge < -0.3 is 19.9 Å². The van der Waals surface area contributed by atoms with Crippen LogP contribution in [0.25, 0.3) is 0 Å². The number of benzene rings is 1. The minimum Gasteiger partial charge on any atom is -0.497 e. The summed E-state index contributed by atoms with van der Waals surface area (Å²) in [7, 11) is 3.22. The topological polar surface area (TPSA) is 71.0 Å². The average Bonchev–Trinajstić information content (AvgIpc) is 2.47. The summed E-state index contributed by atoms with van der Waals surface area (Å²) in [5.41, 5.74) is 0.931. The van der Waals surface area contributed by atoms with E-state index in [1.807, 2.05) is 23.1 Å². The first kappa shape index (κ1) is 14.6. The zero-order chi connectivity index (χ0) is 14.5. The maximum absolute atomic E-state index is 11.3. The third-order valence-corrected chi connectivity index (χ3v) is 3.50. The number of aliphatic carboxylic acids is 1. The lowest BCUT2D eigenvalue weighted by Gasteiger charge is -2.33. The molecule has 6 nitrogen and oxygen atoms in total. The highest BCUT2D eigenvalue weighted by Gasteiger charge is 2.28. The Balaban J connectivity index is 2.20. The summed E-state index contributed by atoms with van der Waals surface area (Å²) in [5, 5.41) is 12.4. The van der Waals surface area contributed by atoms with Crippen molar-refractivity contribution < 1.29 is 19.4 Å². The predicted octanol–water partition coefficient (Wildman–Crippen LogP) is 0.562. The van der Waals surface area contributed by atoms with Crippen LogP contribution in [0.1, 0.15) is 5.56 Å². The van der Waals surface area contributed by atoms with E-state index < -0.39 is 12.0 Å². The zero-order valence-corrected chi connectivity index (χ0v) is 11.8. The van der Waals surface area contributed by atoms with Gasteiger partial charge in [-0.1, -0.05) is 0 Å². The van der Waals surface area contributed by atoms with Gasteiger partial charge in [-0.05, 0) is 18.2 Å². The van der Waals surface area contributed by atoms with Gasteiger partial charge in [0.05, 0.1) is 14.2 Å². The van der Waals surface area contributed by atoms with E-state index in [4.69, 9.17) is 9.47 Å². The molecule has 1 heterocycles. The molecule has 0 bridgehead atoms. The number of rotatable bonds is 5. The summed E-state index contributed by atoms with van der Waals surface area (Å²) in [4.78, 5) is 13.2. The van der Waals surface area contributed by atoms with Crippen molar-refractivity contribution in [2.45, 2.75) is 12.6 Å². The monoisotopic (exact) mass is 280 g/mol. The van der Waals surface area contributed by atoms with E-state index in [1.54, 1.807) is 14.2 Å². The highest BCUT2D eigenvalue weighted by Crippen LogP contribution is 2.26. The number of carboxylic acid groups (broad SMARTS) is 1. The fourth-order valence-corrected chi connectivity index (χ4v) is 2.40. The second-order valence-electron chi connectivity index (χ2n) is 4.71. The van der Waals surface area contributed by atoms with Crippen molar-refractivity contribution >= 4 is 5.97 Å². The summed E-state index contributed by atoms with van der Waals surface area (Å²) < 4.78 is 10.6. The lowest BCUT2D eigenvalue weighted by molar-refractivity contribution is -0.144. The largest absolute Gasteiger partial charge is 0.497 e. The Labute approximate surface area is 118 Å². The van der Waals surface area contributed by atoms with Gasteiger partial charge in [0, 0.05) is 31.7 Å². The molecule has 0 aromatic heterocycles. The first-order valence-electron chi connectivity index (χ1n) is 6.54. The molecule has 1 aliphatic rings. The van der Waals surface area contributed by atoms with Crippen LogP contribution < -0.4 is 14.8 Å². The number of carboxylic acids is 1. The van der Waals surface area contributed by atoms with Gasteiger partial charge >= 0.3 is 5.97 Å². The van der Waals surface area contributed by atoms with Crippen LogP contribution in [-0.4, -0.2) is 55.9 Å². The van der Waals surface area contributed by atoms with Crippen molar-refractivity contribution in [3.8, 4) is 11.5 Å². The Bertz CT molecular complexity index is 478. The van der Waals surface area contributed by atoms with Gasteiger partial charge in [0.1, 0.15) is 17.5 Å². The van der Waals surface area contributed by atoms with Gasteiger partial charge in [0.25, 0.3) is 0 Å². The van der Waals surface area contributed by atoms with Crippen LogP contribution in [-0.2, 0) is 11.3 Å². The fraction of sp³-hybridized carbons (Fsp3) is 0.500. The Morgan fingerprint density at radius 1 is 1.45 bits per heavy atom. The molecule has 2 N–H and O–H groups in total. The van der Waals surface area contributed by atoms with E-state index >= 15 is 0 Å². The number of nitrogens with one attached hydrogen (secondary N) is 1. The SMILES string of the molecule is COc1ccc(OC)c(CN2CCNCC2C(=O)O)c1. The lowest BCUT2D eigenvalue weighted by Crippen LogP contribution is -2.54. The van der Waals surface area contributed by atoms with Crippen molar-refractivity contribution in [2.24, 2.45) is 0 Å². The molecule has 0 spiro atoms. The standard InChI is InChI=1S/C14H20N2O4/c1-19-11-3-4-13(20-2)10(7-11)9-16-6-5-15-8-12(16)14(17)18/h3-4,7,12,15H,5-6,8-9H2,1-2H3,(H,17,18). The van der Waals surface area contributed by atoms with Crippen molar-refractivity contribution in [3.05, 3.63) is 23.8 Å². The zero-order valence-electron chi connectivity index (χ0n) is 11.8. The molecule has 1 fully saturated rings. The molecule has 0 radical (unpaired) electrons.